The molecule has 21 heavy (non-hydrogen) atoms. The summed E-state index contributed by atoms with van der Waals surface area (Å²) in [6.45, 7) is 1.43. The maximum absolute atomic E-state index is 12.2. The standard InChI is InChI=1S/C11H10O8S2/c1-5-3-2-4-6-7(5)9(13)11(21(17,18)19)10(8(6)12)20(14,15)16/h2-4,10-11H,1H3,(H,14,15,16)(H,17,18,19). The van der Waals surface area contributed by atoms with Crippen LogP contribution in [0.3, 0.4) is 0 Å². The summed E-state index contributed by atoms with van der Waals surface area (Å²) >= 11 is 0. The molecule has 0 bridgehead atoms. The summed E-state index contributed by atoms with van der Waals surface area (Å²) in [4.78, 5) is 24.4. The molecule has 2 rings (SSSR count). The van der Waals surface area contributed by atoms with Crippen LogP contribution in [-0.2, 0) is 20.2 Å². The molecule has 0 saturated carbocycles. The lowest BCUT2D eigenvalue weighted by atomic mass is 9.86. The van der Waals surface area contributed by atoms with E-state index in [0.29, 0.717) is 0 Å². The van der Waals surface area contributed by atoms with Crippen molar-refractivity contribution in [2.45, 2.75) is 17.4 Å². The number of aryl methyl sites for hydroxylation is 1. The zero-order valence-electron chi connectivity index (χ0n) is 10.5. The van der Waals surface area contributed by atoms with Crippen LogP contribution in [0.25, 0.3) is 0 Å². The van der Waals surface area contributed by atoms with Gasteiger partial charge in [0.05, 0.1) is 0 Å². The molecule has 0 saturated heterocycles. The molecule has 8 nitrogen and oxygen atoms in total. The SMILES string of the molecule is Cc1cccc2c1C(=O)C(S(=O)(=O)O)C(S(=O)(=O)O)C2=O. The molecule has 0 radical (unpaired) electrons. The van der Waals surface area contributed by atoms with Gasteiger partial charge >= 0.3 is 0 Å². The van der Waals surface area contributed by atoms with Gasteiger partial charge in [-0.3, -0.25) is 18.7 Å². The second-order valence-electron chi connectivity index (χ2n) is 4.60. The smallest absolute Gasteiger partial charge is 0.277 e. The summed E-state index contributed by atoms with van der Waals surface area (Å²) in [5.41, 5.74) is -0.319. The first kappa shape index (κ1) is 15.8. The Morgan fingerprint density at radius 3 is 1.86 bits per heavy atom. The van der Waals surface area contributed by atoms with Crippen LogP contribution >= 0.6 is 0 Å². The summed E-state index contributed by atoms with van der Waals surface area (Å²) in [5, 5.41) is -5.15. The lowest BCUT2D eigenvalue weighted by molar-refractivity contribution is 0.0890. The molecule has 1 aromatic rings. The average Bonchev–Trinajstić information content (AvgIpc) is 2.30. The summed E-state index contributed by atoms with van der Waals surface area (Å²) in [6.07, 6.45) is 0. The van der Waals surface area contributed by atoms with Gasteiger partial charge in [-0.2, -0.15) is 16.8 Å². The van der Waals surface area contributed by atoms with Crippen molar-refractivity contribution in [1.29, 1.82) is 0 Å². The second kappa shape index (κ2) is 4.70. The van der Waals surface area contributed by atoms with Gasteiger partial charge in [-0.25, -0.2) is 0 Å². The Hall–Kier alpha value is -1.62. The van der Waals surface area contributed by atoms with Crippen LogP contribution in [0, 0.1) is 6.92 Å². The van der Waals surface area contributed by atoms with Crippen molar-refractivity contribution in [3.63, 3.8) is 0 Å². The molecule has 0 amide bonds. The molecule has 1 aliphatic rings. The Morgan fingerprint density at radius 2 is 1.38 bits per heavy atom. The van der Waals surface area contributed by atoms with E-state index in [9.17, 15) is 26.4 Å². The Labute approximate surface area is 120 Å². The molecular weight excluding hydrogens is 324 g/mol. The Bertz CT molecular complexity index is 850. The fourth-order valence-electron chi connectivity index (χ4n) is 2.35. The predicted octanol–water partition coefficient (Wildman–Crippen LogP) is -0.113. The molecule has 0 aromatic heterocycles. The van der Waals surface area contributed by atoms with Crippen LogP contribution in [-0.4, -0.2) is 48.0 Å². The van der Waals surface area contributed by atoms with E-state index in [-0.39, 0.29) is 16.7 Å². The molecule has 2 unspecified atom stereocenters. The topological polar surface area (TPSA) is 143 Å². The number of ketones is 2. The van der Waals surface area contributed by atoms with Crippen LogP contribution in [0.15, 0.2) is 18.2 Å². The molecule has 2 N–H and O–H groups in total. The normalized spacial score (nSPS) is 23.0. The van der Waals surface area contributed by atoms with Gasteiger partial charge in [-0.1, -0.05) is 18.2 Å². The predicted molar refractivity (Wildman–Crippen MR) is 70.5 cm³/mol. The highest BCUT2D eigenvalue weighted by molar-refractivity contribution is 7.91. The first-order valence-corrected chi connectivity index (χ1v) is 8.57. The van der Waals surface area contributed by atoms with Crippen LogP contribution in [0.4, 0.5) is 0 Å². The van der Waals surface area contributed by atoms with Gasteiger partial charge in [0, 0.05) is 11.1 Å². The maximum Gasteiger partial charge on any atom is 0.277 e. The van der Waals surface area contributed by atoms with E-state index in [4.69, 9.17) is 9.11 Å². The first-order chi connectivity index (χ1) is 9.46. The van der Waals surface area contributed by atoms with E-state index in [1.165, 1.54) is 19.1 Å². The number of hydrogen-bond acceptors (Lipinski definition) is 6. The molecule has 114 valence electrons. The van der Waals surface area contributed by atoms with E-state index < -0.39 is 42.3 Å². The van der Waals surface area contributed by atoms with Crippen molar-refractivity contribution in [2.75, 3.05) is 0 Å². The van der Waals surface area contributed by atoms with E-state index in [0.717, 1.165) is 6.07 Å². The van der Waals surface area contributed by atoms with Gasteiger partial charge in [0.25, 0.3) is 20.2 Å². The zero-order valence-corrected chi connectivity index (χ0v) is 12.2. The number of rotatable bonds is 2. The third kappa shape index (κ3) is 2.50. The molecule has 0 spiro atoms. The minimum Gasteiger partial charge on any atom is -0.293 e. The number of fused-ring (bicyclic) bond motifs is 1. The third-order valence-electron chi connectivity index (χ3n) is 3.22. The van der Waals surface area contributed by atoms with Gasteiger partial charge in [0.1, 0.15) is 0 Å². The average molecular weight is 334 g/mol. The summed E-state index contributed by atoms with van der Waals surface area (Å²) in [7, 11) is -10.4. The van der Waals surface area contributed by atoms with Crippen molar-refractivity contribution < 1.29 is 35.5 Å². The lowest BCUT2D eigenvalue weighted by Crippen LogP contribution is -2.53. The fourth-order valence-corrected chi connectivity index (χ4v) is 4.85. The van der Waals surface area contributed by atoms with E-state index in [1.54, 1.807) is 0 Å². The number of hydrogen-bond donors (Lipinski definition) is 2. The van der Waals surface area contributed by atoms with Crippen LogP contribution < -0.4 is 0 Å². The Balaban J connectivity index is 2.87. The molecule has 0 heterocycles. The van der Waals surface area contributed by atoms with Crippen molar-refractivity contribution in [2.24, 2.45) is 0 Å². The number of carbonyl (C=O) groups is 2. The molecule has 1 aliphatic carbocycles. The Kier molecular flexibility index (Phi) is 3.53. The third-order valence-corrected chi connectivity index (χ3v) is 5.65. The van der Waals surface area contributed by atoms with Gasteiger partial charge in [-0.15, -0.1) is 0 Å². The van der Waals surface area contributed by atoms with Crippen molar-refractivity contribution in [3.8, 4) is 0 Å². The monoisotopic (exact) mass is 334 g/mol. The molecule has 0 aliphatic heterocycles. The molecule has 0 fully saturated rings. The number of benzene rings is 1. The van der Waals surface area contributed by atoms with Crippen LogP contribution in [0.5, 0.6) is 0 Å². The molecule has 2 atom stereocenters. The van der Waals surface area contributed by atoms with Crippen molar-refractivity contribution in [3.05, 3.63) is 34.9 Å². The number of carbonyl (C=O) groups excluding carboxylic acids is 2. The molecular formula is C11H10O8S2. The molecule has 10 heteroatoms. The van der Waals surface area contributed by atoms with Crippen molar-refractivity contribution in [1.82, 2.24) is 0 Å². The first-order valence-electron chi connectivity index (χ1n) is 5.57. The lowest BCUT2D eigenvalue weighted by Gasteiger charge is -2.27. The largest absolute Gasteiger partial charge is 0.293 e. The quantitative estimate of drug-likeness (QED) is 0.713. The summed E-state index contributed by atoms with van der Waals surface area (Å²) in [5.74, 6) is -2.49. The van der Waals surface area contributed by atoms with Gasteiger partial charge in [-0.05, 0) is 12.5 Å². The second-order valence-corrected chi connectivity index (χ2v) is 7.67. The maximum atomic E-state index is 12.2. The van der Waals surface area contributed by atoms with Crippen molar-refractivity contribution >= 4 is 31.8 Å². The highest BCUT2D eigenvalue weighted by Gasteiger charge is 2.54. The minimum absolute atomic E-state index is 0.258. The highest BCUT2D eigenvalue weighted by Crippen LogP contribution is 2.31. The van der Waals surface area contributed by atoms with Gasteiger partial charge < -0.3 is 0 Å². The van der Waals surface area contributed by atoms with E-state index in [2.05, 4.69) is 0 Å². The zero-order chi connectivity index (χ0) is 16.2. The van der Waals surface area contributed by atoms with E-state index >= 15 is 0 Å². The Morgan fingerprint density at radius 1 is 0.905 bits per heavy atom. The fraction of sp³-hybridized carbons (Fsp3) is 0.273. The van der Waals surface area contributed by atoms with Crippen LogP contribution in [0.1, 0.15) is 26.3 Å². The van der Waals surface area contributed by atoms with Gasteiger partial charge in [0.15, 0.2) is 22.1 Å². The van der Waals surface area contributed by atoms with Crippen LogP contribution in [0.2, 0.25) is 0 Å². The van der Waals surface area contributed by atoms with E-state index in [1.807, 2.05) is 0 Å². The highest BCUT2D eigenvalue weighted by atomic mass is 32.2. The minimum atomic E-state index is -5.21. The van der Waals surface area contributed by atoms with Gasteiger partial charge in [0.2, 0.25) is 0 Å². The summed E-state index contributed by atoms with van der Waals surface area (Å²) in [6, 6.07) is 3.97. The number of Topliss-reactive ketones (excluding diaryl/α,β-unsaturated/α-hetero) is 2. The summed E-state index contributed by atoms with van der Waals surface area (Å²) < 4.78 is 63.4. The molecule has 1 aromatic carbocycles.